The van der Waals surface area contributed by atoms with Crippen LogP contribution in [0.15, 0.2) is 24.5 Å². The molecule has 3 aromatic rings. The molecule has 0 unspecified atom stereocenters. The van der Waals surface area contributed by atoms with Gasteiger partial charge in [0.05, 0.1) is 11.3 Å². The van der Waals surface area contributed by atoms with Crippen molar-refractivity contribution in [2.24, 2.45) is 5.92 Å². The van der Waals surface area contributed by atoms with Crippen LogP contribution in [0.5, 0.6) is 0 Å². The van der Waals surface area contributed by atoms with Crippen LogP contribution in [0.2, 0.25) is 0 Å². The third-order valence-electron chi connectivity index (χ3n) is 5.25. The fourth-order valence-electron chi connectivity index (χ4n) is 3.80. The minimum absolute atomic E-state index is 0.309. The van der Waals surface area contributed by atoms with E-state index in [9.17, 15) is 9.90 Å². The lowest BCUT2D eigenvalue weighted by Gasteiger charge is -2.38. The molecule has 0 spiro atoms. The second-order valence-corrected chi connectivity index (χ2v) is 8.03. The van der Waals surface area contributed by atoms with Crippen LogP contribution in [0.3, 0.4) is 0 Å². The zero-order valence-corrected chi connectivity index (χ0v) is 15.0. The first-order valence-corrected chi connectivity index (χ1v) is 9.73. The van der Waals surface area contributed by atoms with E-state index in [0.29, 0.717) is 18.9 Å². The maximum Gasteiger partial charge on any atom is 0.310 e. The predicted octanol–water partition coefficient (Wildman–Crippen LogP) is 3.15. The van der Waals surface area contributed by atoms with E-state index >= 15 is 0 Å². The highest BCUT2D eigenvalue weighted by Gasteiger charge is 2.35. The van der Waals surface area contributed by atoms with Gasteiger partial charge in [0, 0.05) is 35.9 Å². The number of hydrogen-bond acceptors (Lipinski definition) is 6. The standard InChI is InChI=1S/C19H18N4O2S/c24-19(25)12-9-23(10-12)17-15-13-5-1-2-6-14(13)26-18(15)22-16(21-17)11-4-3-7-20-8-11/h3-4,7-8,12H,1-2,5-6,9-10H2,(H,24,25). The number of anilines is 1. The number of fused-ring (bicyclic) bond motifs is 3. The Bertz CT molecular complexity index is 996. The van der Waals surface area contributed by atoms with Gasteiger partial charge in [-0.05, 0) is 43.4 Å². The molecule has 0 atom stereocenters. The van der Waals surface area contributed by atoms with Gasteiger partial charge in [0.15, 0.2) is 5.82 Å². The first-order chi connectivity index (χ1) is 12.7. The molecule has 4 heterocycles. The minimum atomic E-state index is -0.730. The molecule has 5 rings (SSSR count). The zero-order chi connectivity index (χ0) is 17.7. The van der Waals surface area contributed by atoms with Crippen molar-refractivity contribution >= 4 is 33.3 Å². The summed E-state index contributed by atoms with van der Waals surface area (Å²) in [6.07, 6.45) is 8.10. The molecule has 1 N–H and O–H groups in total. The Kier molecular flexibility index (Phi) is 3.63. The largest absolute Gasteiger partial charge is 0.481 e. The molecule has 26 heavy (non-hydrogen) atoms. The molecule has 7 heteroatoms. The minimum Gasteiger partial charge on any atom is -0.481 e. The summed E-state index contributed by atoms with van der Waals surface area (Å²) in [5.74, 6) is 0.520. The van der Waals surface area contributed by atoms with Crippen molar-refractivity contribution in [1.82, 2.24) is 15.0 Å². The Balaban J connectivity index is 1.67. The van der Waals surface area contributed by atoms with Crippen molar-refractivity contribution < 1.29 is 9.90 Å². The topological polar surface area (TPSA) is 79.2 Å². The highest BCUT2D eigenvalue weighted by molar-refractivity contribution is 7.19. The van der Waals surface area contributed by atoms with Crippen LogP contribution in [0, 0.1) is 5.92 Å². The number of pyridine rings is 1. The van der Waals surface area contributed by atoms with E-state index in [0.717, 1.165) is 34.4 Å². The van der Waals surface area contributed by atoms with Crippen molar-refractivity contribution in [2.45, 2.75) is 25.7 Å². The number of aromatic nitrogens is 3. The molecule has 0 bridgehead atoms. The number of thiophene rings is 1. The number of hydrogen-bond donors (Lipinski definition) is 1. The summed E-state index contributed by atoms with van der Waals surface area (Å²) in [4.78, 5) is 29.6. The first kappa shape index (κ1) is 15.7. The highest BCUT2D eigenvalue weighted by Crippen LogP contribution is 2.42. The van der Waals surface area contributed by atoms with Gasteiger partial charge in [-0.15, -0.1) is 11.3 Å². The molecule has 3 aromatic heterocycles. The molecule has 1 aliphatic heterocycles. The third kappa shape index (κ3) is 2.46. The molecule has 6 nitrogen and oxygen atoms in total. The second-order valence-electron chi connectivity index (χ2n) is 6.94. The average Bonchev–Trinajstić information content (AvgIpc) is 2.99. The molecule has 2 aliphatic rings. The number of aryl methyl sites for hydroxylation is 2. The summed E-state index contributed by atoms with van der Waals surface area (Å²) in [7, 11) is 0. The van der Waals surface area contributed by atoms with Crippen LogP contribution in [-0.2, 0) is 17.6 Å². The van der Waals surface area contributed by atoms with E-state index < -0.39 is 5.97 Å². The van der Waals surface area contributed by atoms with E-state index in [2.05, 4.69) is 9.88 Å². The lowest BCUT2D eigenvalue weighted by molar-refractivity contribution is -0.142. The monoisotopic (exact) mass is 366 g/mol. The quantitative estimate of drug-likeness (QED) is 0.767. The van der Waals surface area contributed by atoms with Gasteiger partial charge in [-0.25, -0.2) is 9.97 Å². The Hall–Kier alpha value is -2.54. The summed E-state index contributed by atoms with van der Waals surface area (Å²) in [5.41, 5.74) is 2.26. The molecule has 1 saturated heterocycles. The number of nitrogens with zero attached hydrogens (tertiary/aromatic N) is 4. The van der Waals surface area contributed by atoms with Crippen molar-refractivity contribution in [3.05, 3.63) is 35.0 Å². The Morgan fingerprint density at radius 1 is 1.23 bits per heavy atom. The Labute approximate surface area is 154 Å². The second kappa shape index (κ2) is 6.02. The zero-order valence-electron chi connectivity index (χ0n) is 14.2. The summed E-state index contributed by atoms with van der Waals surface area (Å²) in [6, 6.07) is 3.84. The van der Waals surface area contributed by atoms with E-state index in [1.165, 1.54) is 23.3 Å². The van der Waals surface area contributed by atoms with Crippen LogP contribution in [0.1, 0.15) is 23.3 Å². The molecular formula is C19H18N4O2S. The van der Waals surface area contributed by atoms with Gasteiger partial charge < -0.3 is 10.0 Å². The fourth-order valence-corrected chi connectivity index (χ4v) is 5.05. The molecule has 1 aliphatic carbocycles. The SMILES string of the molecule is O=C(O)C1CN(c2nc(-c3cccnc3)nc3sc4c(c23)CCCC4)C1. The van der Waals surface area contributed by atoms with Crippen LogP contribution in [-0.4, -0.2) is 39.1 Å². The van der Waals surface area contributed by atoms with Crippen molar-refractivity contribution in [3.8, 4) is 11.4 Å². The smallest absolute Gasteiger partial charge is 0.310 e. The van der Waals surface area contributed by atoms with Gasteiger partial charge in [-0.3, -0.25) is 9.78 Å². The van der Waals surface area contributed by atoms with Gasteiger partial charge >= 0.3 is 5.97 Å². The average molecular weight is 366 g/mol. The first-order valence-electron chi connectivity index (χ1n) is 8.91. The van der Waals surface area contributed by atoms with Gasteiger partial charge in [0.2, 0.25) is 0 Å². The predicted molar refractivity (Wildman–Crippen MR) is 101 cm³/mol. The summed E-state index contributed by atoms with van der Waals surface area (Å²) < 4.78 is 0. The van der Waals surface area contributed by atoms with Crippen LogP contribution in [0.4, 0.5) is 5.82 Å². The van der Waals surface area contributed by atoms with Crippen LogP contribution < -0.4 is 4.90 Å². The number of carbonyl (C=O) groups is 1. The molecular weight excluding hydrogens is 348 g/mol. The van der Waals surface area contributed by atoms with Crippen molar-refractivity contribution in [2.75, 3.05) is 18.0 Å². The van der Waals surface area contributed by atoms with E-state index in [1.807, 2.05) is 12.1 Å². The summed E-state index contributed by atoms with van der Waals surface area (Å²) in [6.45, 7) is 1.02. The van der Waals surface area contributed by atoms with Gasteiger partial charge in [-0.2, -0.15) is 0 Å². The summed E-state index contributed by atoms with van der Waals surface area (Å²) >= 11 is 1.77. The van der Waals surface area contributed by atoms with Gasteiger partial charge in [0.1, 0.15) is 10.6 Å². The van der Waals surface area contributed by atoms with Crippen molar-refractivity contribution in [1.29, 1.82) is 0 Å². The highest BCUT2D eigenvalue weighted by atomic mass is 32.1. The lowest BCUT2D eigenvalue weighted by atomic mass is 9.95. The third-order valence-corrected chi connectivity index (χ3v) is 6.43. The maximum atomic E-state index is 11.2. The van der Waals surface area contributed by atoms with E-state index in [1.54, 1.807) is 23.7 Å². The molecule has 132 valence electrons. The molecule has 0 radical (unpaired) electrons. The molecule has 0 amide bonds. The van der Waals surface area contributed by atoms with Gasteiger partial charge in [0.25, 0.3) is 0 Å². The van der Waals surface area contributed by atoms with Crippen molar-refractivity contribution in [3.63, 3.8) is 0 Å². The number of aliphatic carboxylic acids is 1. The molecule has 0 saturated carbocycles. The number of carboxylic acid groups (broad SMARTS) is 1. The Morgan fingerprint density at radius 3 is 2.85 bits per heavy atom. The maximum absolute atomic E-state index is 11.2. The van der Waals surface area contributed by atoms with E-state index in [4.69, 9.17) is 9.97 Å². The summed E-state index contributed by atoms with van der Waals surface area (Å²) in [5, 5.41) is 10.4. The molecule has 1 fully saturated rings. The normalized spacial score (nSPS) is 17.2. The van der Waals surface area contributed by atoms with Crippen LogP contribution >= 0.6 is 11.3 Å². The molecule has 0 aromatic carbocycles. The number of carboxylic acids is 1. The lowest BCUT2D eigenvalue weighted by Crippen LogP contribution is -2.51. The van der Waals surface area contributed by atoms with E-state index in [-0.39, 0.29) is 5.92 Å². The van der Waals surface area contributed by atoms with Crippen LogP contribution in [0.25, 0.3) is 21.6 Å². The Morgan fingerprint density at radius 2 is 2.08 bits per heavy atom. The fraction of sp³-hybridized carbons (Fsp3) is 0.368. The van der Waals surface area contributed by atoms with Gasteiger partial charge in [-0.1, -0.05) is 0 Å². The number of rotatable bonds is 3.